The van der Waals surface area contributed by atoms with Crippen molar-refractivity contribution in [2.45, 2.75) is 30.6 Å². The minimum atomic E-state index is 0.0773. The Labute approximate surface area is 59.4 Å². The van der Waals surface area contributed by atoms with E-state index in [0.717, 1.165) is 25.7 Å². The van der Waals surface area contributed by atoms with Crippen molar-refractivity contribution >= 4 is 17.4 Å². The number of ketones is 1. The Bertz CT molecular complexity index is 152. The first-order chi connectivity index (χ1) is 4.21. The highest BCUT2D eigenvalue weighted by molar-refractivity contribution is 6.26. The molecule has 0 aromatic heterocycles. The first-order valence-electron chi connectivity index (χ1n) is 3.41. The van der Waals surface area contributed by atoms with Crippen LogP contribution in [0.4, 0.5) is 0 Å². The SMILES string of the molecule is O=C1CC(C2(Cl)CC2)C1. The molecule has 1 nitrogen and oxygen atoms in total. The molecule has 0 heterocycles. The molecule has 0 N–H and O–H groups in total. The monoisotopic (exact) mass is 144 g/mol. The van der Waals surface area contributed by atoms with Crippen LogP contribution in [0.15, 0.2) is 0 Å². The summed E-state index contributed by atoms with van der Waals surface area (Å²) in [6.45, 7) is 0. The van der Waals surface area contributed by atoms with Gasteiger partial charge in [-0.05, 0) is 18.8 Å². The van der Waals surface area contributed by atoms with Crippen molar-refractivity contribution in [1.29, 1.82) is 0 Å². The van der Waals surface area contributed by atoms with Gasteiger partial charge in [-0.2, -0.15) is 0 Å². The molecule has 0 aromatic carbocycles. The van der Waals surface area contributed by atoms with Crippen LogP contribution in [0.5, 0.6) is 0 Å². The number of hydrogen-bond acceptors (Lipinski definition) is 1. The van der Waals surface area contributed by atoms with Gasteiger partial charge in [0.25, 0.3) is 0 Å². The van der Waals surface area contributed by atoms with Crippen LogP contribution in [0, 0.1) is 5.92 Å². The molecule has 0 radical (unpaired) electrons. The summed E-state index contributed by atoms with van der Waals surface area (Å²) in [6, 6.07) is 0. The quantitative estimate of drug-likeness (QED) is 0.513. The van der Waals surface area contributed by atoms with Gasteiger partial charge in [-0.1, -0.05) is 0 Å². The molecule has 2 aliphatic rings. The number of carbonyl (C=O) groups is 1. The fourth-order valence-electron chi connectivity index (χ4n) is 1.38. The summed E-state index contributed by atoms with van der Waals surface area (Å²) in [4.78, 5) is 10.6. The van der Waals surface area contributed by atoms with Crippen LogP contribution in [0.1, 0.15) is 25.7 Å². The third-order valence-electron chi connectivity index (χ3n) is 2.41. The minimum absolute atomic E-state index is 0.0773. The van der Waals surface area contributed by atoms with Crippen LogP contribution < -0.4 is 0 Å². The summed E-state index contributed by atoms with van der Waals surface area (Å²) in [5, 5.41) is 0. The predicted molar refractivity (Wildman–Crippen MR) is 35.5 cm³/mol. The van der Waals surface area contributed by atoms with Gasteiger partial charge < -0.3 is 0 Å². The van der Waals surface area contributed by atoms with E-state index >= 15 is 0 Å². The molecular formula is C7H9ClO. The van der Waals surface area contributed by atoms with Crippen LogP contribution in [-0.2, 0) is 4.79 Å². The molecule has 50 valence electrons. The third-order valence-corrected chi connectivity index (χ3v) is 3.09. The molecular weight excluding hydrogens is 136 g/mol. The molecule has 2 rings (SSSR count). The zero-order valence-electron chi connectivity index (χ0n) is 5.19. The summed E-state index contributed by atoms with van der Waals surface area (Å²) < 4.78 is 0. The van der Waals surface area contributed by atoms with E-state index in [1.165, 1.54) is 0 Å². The van der Waals surface area contributed by atoms with Crippen LogP contribution in [0.25, 0.3) is 0 Å². The second-order valence-electron chi connectivity index (χ2n) is 3.18. The van der Waals surface area contributed by atoms with Crippen molar-refractivity contribution in [3.63, 3.8) is 0 Å². The number of alkyl halides is 1. The second kappa shape index (κ2) is 1.51. The van der Waals surface area contributed by atoms with Gasteiger partial charge in [0.05, 0.1) is 0 Å². The number of halogens is 1. The predicted octanol–water partition coefficient (Wildman–Crippen LogP) is 1.74. The lowest BCUT2D eigenvalue weighted by molar-refractivity contribution is -0.127. The first-order valence-corrected chi connectivity index (χ1v) is 3.79. The molecule has 0 atom stereocenters. The Morgan fingerprint density at radius 2 is 2.00 bits per heavy atom. The van der Waals surface area contributed by atoms with Gasteiger partial charge in [0, 0.05) is 17.7 Å². The minimum Gasteiger partial charge on any atom is -0.300 e. The molecule has 2 fully saturated rings. The standard InChI is InChI=1S/C7H9ClO/c8-7(1-2-7)5-3-6(9)4-5/h5H,1-4H2. The van der Waals surface area contributed by atoms with E-state index in [4.69, 9.17) is 11.6 Å². The number of rotatable bonds is 1. The van der Waals surface area contributed by atoms with Crippen molar-refractivity contribution in [1.82, 2.24) is 0 Å². The van der Waals surface area contributed by atoms with Crippen molar-refractivity contribution in [2.24, 2.45) is 5.92 Å². The topological polar surface area (TPSA) is 17.1 Å². The lowest BCUT2D eigenvalue weighted by Crippen LogP contribution is -2.31. The van der Waals surface area contributed by atoms with E-state index in [-0.39, 0.29) is 4.87 Å². The Morgan fingerprint density at radius 1 is 1.44 bits per heavy atom. The van der Waals surface area contributed by atoms with Crippen molar-refractivity contribution in [3.8, 4) is 0 Å². The molecule has 0 aromatic rings. The summed E-state index contributed by atoms with van der Waals surface area (Å²) in [7, 11) is 0. The Hall–Kier alpha value is -0.0400. The van der Waals surface area contributed by atoms with Crippen molar-refractivity contribution in [3.05, 3.63) is 0 Å². The lowest BCUT2D eigenvalue weighted by atomic mass is 9.80. The zero-order valence-corrected chi connectivity index (χ0v) is 5.95. The highest BCUT2D eigenvalue weighted by Gasteiger charge is 2.52. The number of carbonyl (C=O) groups excluding carboxylic acids is 1. The summed E-state index contributed by atoms with van der Waals surface area (Å²) >= 11 is 6.06. The first kappa shape index (κ1) is 5.72. The fraction of sp³-hybridized carbons (Fsp3) is 0.857. The third kappa shape index (κ3) is 0.787. The number of Topliss-reactive ketones (excluding diaryl/α,β-unsaturated/α-hetero) is 1. The molecule has 0 bridgehead atoms. The van der Waals surface area contributed by atoms with Gasteiger partial charge in [0.1, 0.15) is 5.78 Å². The molecule has 2 heteroatoms. The van der Waals surface area contributed by atoms with Crippen molar-refractivity contribution in [2.75, 3.05) is 0 Å². The summed E-state index contributed by atoms with van der Waals surface area (Å²) in [6.07, 6.45) is 3.77. The van der Waals surface area contributed by atoms with Gasteiger partial charge in [0.2, 0.25) is 0 Å². The highest BCUT2D eigenvalue weighted by Crippen LogP contribution is 2.54. The van der Waals surface area contributed by atoms with Crippen LogP contribution in [0.2, 0.25) is 0 Å². The maximum absolute atomic E-state index is 10.5. The molecule has 0 aliphatic heterocycles. The molecule has 2 saturated carbocycles. The Balaban J connectivity index is 1.95. The van der Waals surface area contributed by atoms with E-state index in [1.54, 1.807) is 0 Å². The highest BCUT2D eigenvalue weighted by atomic mass is 35.5. The lowest BCUT2D eigenvalue weighted by Gasteiger charge is -2.28. The van der Waals surface area contributed by atoms with E-state index in [0.29, 0.717) is 11.7 Å². The van der Waals surface area contributed by atoms with Gasteiger partial charge in [-0.25, -0.2) is 0 Å². The van der Waals surface area contributed by atoms with Gasteiger partial charge in [-0.3, -0.25) is 4.79 Å². The average Bonchev–Trinajstić information content (AvgIpc) is 2.41. The maximum Gasteiger partial charge on any atom is 0.133 e. The summed E-state index contributed by atoms with van der Waals surface area (Å²) in [5.41, 5.74) is 0. The largest absolute Gasteiger partial charge is 0.300 e. The van der Waals surface area contributed by atoms with Crippen LogP contribution in [0.3, 0.4) is 0 Å². The van der Waals surface area contributed by atoms with Gasteiger partial charge in [-0.15, -0.1) is 11.6 Å². The van der Waals surface area contributed by atoms with Crippen LogP contribution >= 0.6 is 11.6 Å². The van der Waals surface area contributed by atoms with Gasteiger partial charge in [0.15, 0.2) is 0 Å². The molecule has 0 saturated heterocycles. The van der Waals surface area contributed by atoms with E-state index in [2.05, 4.69) is 0 Å². The molecule has 9 heavy (non-hydrogen) atoms. The summed E-state index contributed by atoms with van der Waals surface area (Å²) in [5.74, 6) is 0.929. The maximum atomic E-state index is 10.5. The normalized spacial score (nSPS) is 31.9. The Morgan fingerprint density at radius 3 is 2.33 bits per heavy atom. The smallest absolute Gasteiger partial charge is 0.133 e. The molecule has 2 aliphatic carbocycles. The second-order valence-corrected chi connectivity index (χ2v) is 3.93. The number of hydrogen-bond donors (Lipinski definition) is 0. The van der Waals surface area contributed by atoms with E-state index < -0.39 is 0 Å². The zero-order chi connectivity index (χ0) is 6.48. The van der Waals surface area contributed by atoms with Crippen molar-refractivity contribution < 1.29 is 4.79 Å². The average molecular weight is 145 g/mol. The molecule has 0 spiro atoms. The van der Waals surface area contributed by atoms with E-state index in [9.17, 15) is 4.79 Å². The molecule has 0 unspecified atom stereocenters. The molecule has 0 amide bonds. The van der Waals surface area contributed by atoms with Crippen LogP contribution in [-0.4, -0.2) is 10.7 Å². The van der Waals surface area contributed by atoms with E-state index in [1.807, 2.05) is 0 Å². The van der Waals surface area contributed by atoms with Gasteiger partial charge >= 0.3 is 0 Å². The Kier molecular flexibility index (Phi) is 0.963. The fourth-order valence-corrected chi connectivity index (χ4v) is 1.63.